The third-order valence-electron chi connectivity index (χ3n) is 7.35. The van der Waals surface area contributed by atoms with Crippen LogP contribution in [-0.2, 0) is 28.6 Å². The predicted octanol–water partition coefficient (Wildman–Crippen LogP) is 7.79. The number of carboxylic acids is 1. The van der Waals surface area contributed by atoms with Crippen LogP contribution in [0.4, 0.5) is 0 Å². The molecular weight excluding hydrogens is 546 g/mol. The number of esters is 2. The second kappa shape index (κ2) is 27.4. The van der Waals surface area contributed by atoms with Gasteiger partial charge in [0.15, 0.2) is 12.1 Å². The summed E-state index contributed by atoms with van der Waals surface area (Å²) in [7, 11) is 5.49. The van der Waals surface area contributed by atoms with Crippen molar-refractivity contribution in [2.24, 2.45) is 0 Å². The Morgan fingerprint density at radius 3 is 1.86 bits per heavy atom. The molecule has 0 aromatic rings. The van der Waals surface area contributed by atoms with Gasteiger partial charge in [0, 0.05) is 19.3 Å². The molecule has 0 aromatic heterocycles. The van der Waals surface area contributed by atoms with E-state index in [0.717, 1.165) is 77.0 Å². The minimum atomic E-state index is -0.881. The fraction of sp³-hybridized carbons (Fsp3) is 0.800. The molecule has 250 valence electrons. The van der Waals surface area contributed by atoms with E-state index >= 15 is 0 Å². The summed E-state index contributed by atoms with van der Waals surface area (Å²) in [5.74, 6) is -1.50. The highest BCUT2D eigenvalue weighted by atomic mass is 16.6. The minimum Gasteiger partial charge on any atom is -0.477 e. The molecule has 0 saturated carbocycles. The Bertz CT molecular complexity index is 773. The van der Waals surface area contributed by atoms with Crippen molar-refractivity contribution >= 4 is 17.9 Å². The minimum absolute atomic E-state index is 0.0563. The largest absolute Gasteiger partial charge is 0.477 e. The van der Waals surface area contributed by atoms with E-state index in [0.29, 0.717) is 19.3 Å². The van der Waals surface area contributed by atoms with Crippen LogP contribution in [0.1, 0.15) is 129 Å². The summed E-state index contributed by atoms with van der Waals surface area (Å²) >= 11 is 0. The number of carboxylic acid groups (broad SMARTS) is 1. The summed E-state index contributed by atoms with van der Waals surface area (Å²) in [5, 5.41) is 9.52. The number of carbonyl (C=O) groups is 3. The van der Waals surface area contributed by atoms with Crippen molar-refractivity contribution in [3.8, 4) is 0 Å². The van der Waals surface area contributed by atoms with E-state index in [2.05, 4.69) is 38.2 Å². The van der Waals surface area contributed by atoms with Crippen LogP contribution in [0.25, 0.3) is 0 Å². The van der Waals surface area contributed by atoms with Crippen molar-refractivity contribution in [3.05, 3.63) is 24.3 Å². The lowest BCUT2D eigenvalue weighted by molar-refractivity contribution is -0.887. The highest BCUT2D eigenvalue weighted by Crippen LogP contribution is 2.12. The van der Waals surface area contributed by atoms with Gasteiger partial charge < -0.3 is 23.8 Å². The number of aliphatic carboxylic acids is 1. The second-order valence-corrected chi connectivity index (χ2v) is 12.4. The fourth-order valence-corrected chi connectivity index (χ4v) is 4.63. The highest BCUT2D eigenvalue weighted by Gasteiger charge is 2.31. The van der Waals surface area contributed by atoms with E-state index in [4.69, 9.17) is 14.2 Å². The van der Waals surface area contributed by atoms with Crippen LogP contribution in [0.5, 0.6) is 0 Å². The van der Waals surface area contributed by atoms with Gasteiger partial charge in [-0.2, -0.15) is 0 Å². The predicted molar refractivity (Wildman–Crippen MR) is 174 cm³/mol. The van der Waals surface area contributed by atoms with Crippen LogP contribution < -0.4 is 0 Å². The Balaban J connectivity index is 4.43. The summed E-state index contributed by atoms with van der Waals surface area (Å²) < 4.78 is 17.0. The number of hydrogen-bond acceptors (Lipinski definition) is 6. The molecule has 8 heteroatoms. The van der Waals surface area contributed by atoms with E-state index in [1.807, 2.05) is 21.1 Å². The van der Waals surface area contributed by atoms with Crippen molar-refractivity contribution in [1.82, 2.24) is 0 Å². The Morgan fingerprint density at radius 2 is 1.26 bits per heavy atom. The Hall–Kier alpha value is -2.19. The van der Waals surface area contributed by atoms with Crippen molar-refractivity contribution in [1.29, 1.82) is 0 Å². The van der Waals surface area contributed by atoms with Crippen LogP contribution in [-0.4, -0.2) is 80.6 Å². The number of allylic oxidation sites excluding steroid dienone is 4. The number of carbonyl (C=O) groups excluding carboxylic acids is 2. The summed E-state index contributed by atoms with van der Waals surface area (Å²) in [6.45, 7) is 4.57. The molecule has 0 radical (unpaired) electrons. The Kier molecular flexibility index (Phi) is 26.0. The van der Waals surface area contributed by atoms with Crippen LogP contribution in [0.3, 0.4) is 0 Å². The van der Waals surface area contributed by atoms with Crippen LogP contribution in [0.2, 0.25) is 0 Å². The smallest absolute Gasteiger partial charge is 0.362 e. The first-order valence-electron chi connectivity index (χ1n) is 16.9. The van der Waals surface area contributed by atoms with Gasteiger partial charge in [0.05, 0.1) is 34.4 Å². The molecule has 0 bridgehead atoms. The molecule has 2 atom stereocenters. The highest BCUT2D eigenvalue weighted by molar-refractivity contribution is 5.72. The monoisotopic (exact) mass is 610 g/mol. The summed E-state index contributed by atoms with van der Waals surface area (Å²) in [5.41, 5.74) is 0. The molecule has 0 saturated heterocycles. The first-order valence-corrected chi connectivity index (χ1v) is 16.9. The van der Waals surface area contributed by atoms with E-state index in [9.17, 15) is 19.5 Å². The van der Waals surface area contributed by atoms with Crippen LogP contribution >= 0.6 is 0 Å². The summed E-state index contributed by atoms with van der Waals surface area (Å²) in [6.07, 6.45) is 25.3. The number of nitrogens with zero attached hydrogens (tertiary/aromatic N) is 1. The zero-order valence-electron chi connectivity index (χ0n) is 28.2. The van der Waals surface area contributed by atoms with Crippen molar-refractivity contribution in [2.75, 3.05) is 41.0 Å². The van der Waals surface area contributed by atoms with E-state index in [-0.39, 0.29) is 36.2 Å². The van der Waals surface area contributed by atoms with E-state index in [1.54, 1.807) is 0 Å². The van der Waals surface area contributed by atoms with Gasteiger partial charge in [-0.15, -0.1) is 0 Å². The summed E-state index contributed by atoms with van der Waals surface area (Å²) in [6, 6.07) is -0.611. The van der Waals surface area contributed by atoms with Crippen molar-refractivity contribution < 1.29 is 38.2 Å². The molecule has 8 nitrogen and oxygen atoms in total. The van der Waals surface area contributed by atoms with Gasteiger partial charge in [0.1, 0.15) is 6.61 Å². The van der Waals surface area contributed by atoms with Crippen LogP contribution in [0, 0.1) is 0 Å². The number of ether oxygens (including phenoxy) is 3. The van der Waals surface area contributed by atoms with Gasteiger partial charge in [0.2, 0.25) is 0 Å². The SMILES string of the molecule is CCCC/C=C\C/C=C\CCCCCCCC(=O)OC(COCCC(C(=O)O)[N+](C)(C)C)COC(=O)CCCCCCC. The molecule has 0 fully saturated rings. The van der Waals surface area contributed by atoms with Gasteiger partial charge in [-0.1, -0.05) is 95.9 Å². The number of hydrogen-bond donors (Lipinski definition) is 1. The standard InChI is InChI=1S/C35H63NO7/c1-6-8-10-12-13-14-15-16-17-18-19-20-22-24-26-34(38)43-31(30-42-33(37)25-23-21-11-9-7-2)29-41-28-27-32(35(39)40)36(3,4)5/h12-13,15-16,31-32H,6-11,14,17-30H2,1-5H3/p+1/b13-12-,16-15-. The van der Waals surface area contributed by atoms with Gasteiger partial charge in [-0.25, -0.2) is 4.79 Å². The van der Waals surface area contributed by atoms with Gasteiger partial charge in [0.25, 0.3) is 0 Å². The molecule has 0 rings (SSSR count). The third kappa shape index (κ3) is 26.0. The third-order valence-corrected chi connectivity index (χ3v) is 7.35. The molecule has 2 unspecified atom stereocenters. The molecule has 0 aliphatic rings. The fourth-order valence-electron chi connectivity index (χ4n) is 4.63. The van der Waals surface area contributed by atoms with Crippen molar-refractivity contribution in [2.45, 2.75) is 142 Å². The maximum absolute atomic E-state index is 12.5. The zero-order chi connectivity index (χ0) is 32.2. The first kappa shape index (κ1) is 40.8. The quantitative estimate of drug-likeness (QED) is 0.0399. The zero-order valence-corrected chi connectivity index (χ0v) is 28.2. The lowest BCUT2D eigenvalue weighted by atomic mass is 10.1. The molecule has 0 aliphatic heterocycles. The van der Waals surface area contributed by atoms with Gasteiger partial charge in [-0.3, -0.25) is 9.59 Å². The second-order valence-electron chi connectivity index (χ2n) is 12.4. The topological polar surface area (TPSA) is 99.1 Å². The van der Waals surface area contributed by atoms with E-state index < -0.39 is 18.1 Å². The van der Waals surface area contributed by atoms with Crippen molar-refractivity contribution in [3.63, 3.8) is 0 Å². The van der Waals surface area contributed by atoms with E-state index in [1.165, 1.54) is 19.3 Å². The molecule has 0 spiro atoms. The molecule has 1 N–H and O–H groups in total. The average Bonchev–Trinajstić information content (AvgIpc) is 2.94. The number of quaternary nitrogens is 1. The van der Waals surface area contributed by atoms with Crippen LogP contribution in [0.15, 0.2) is 24.3 Å². The number of rotatable bonds is 29. The molecule has 0 aliphatic carbocycles. The number of likely N-dealkylation sites (N-methyl/N-ethyl adjacent to an activating group) is 1. The van der Waals surface area contributed by atoms with Gasteiger partial charge in [-0.05, 0) is 38.5 Å². The molecular formula is C35H64NO7+. The summed E-state index contributed by atoms with van der Waals surface area (Å²) in [4.78, 5) is 36.4. The molecule has 43 heavy (non-hydrogen) atoms. The lowest BCUT2D eigenvalue weighted by Crippen LogP contribution is -2.50. The molecule has 0 amide bonds. The van der Waals surface area contributed by atoms with Gasteiger partial charge >= 0.3 is 17.9 Å². The average molecular weight is 611 g/mol. The maximum Gasteiger partial charge on any atom is 0.362 e. The lowest BCUT2D eigenvalue weighted by Gasteiger charge is -2.31. The Morgan fingerprint density at radius 1 is 0.698 bits per heavy atom. The molecule has 0 heterocycles. The molecule has 0 aromatic carbocycles. The first-order chi connectivity index (χ1) is 20.6. The number of unbranched alkanes of at least 4 members (excludes halogenated alkanes) is 11. The Labute approximate surface area is 262 Å². The normalized spacial score (nSPS) is 13.4. The maximum atomic E-state index is 12.5.